The van der Waals surface area contributed by atoms with Gasteiger partial charge in [0.25, 0.3) is 0 Å². The van der Waals surface area contributed by atoms with Crippen molar-refractivity contribution in [2.75, 3.05) is 45.8 Å². The molecule has 0 aromatic rings. The smallest absolute Gasteiger partial charge is 0.0113 e. The highest BCUT2D eigenvalue weighted by molar-refractivity contribution is 4.75. The van der Waals surface area contributed by atoms with Crippen LogP contribution in [0.1, 0.15) is 59.3 Å². The standard InChI is InChI=1S/C17H37N3/c1-4-10-18-11-8-6-7-9-12-19-13-15-20(16-14-19)17(3)5-2/h17-18H,4-16H2,1-3H3. The largest absolute Gasteiger partial charge is 0.317 e. The molecule has 1 aliphatic rings. The van der Waals surface area contributed by atoms with Crippen molar-refractivity contribution in [3.63, 3.8) is 0 Å². The molecule has 1 heterocycles. The molecule has 1 fully saturated rings. The van der Waals surface area contributed by atoms with Crippen LogP contribution in [0.15, 0.2) is 0 Å². The number of nitrogens with zero attached hydrogens (tertiary/aromatic N) is 2. The Balaban J connectivity index is 1.91. The third-order valence-electron chi connectivity index (χ3n) is 4.63. The first kappa shape index (κ1) is 17.9. The van der Waals surface area contributed by atoms with E-state index in [9.17, 15) is 0 Å². The summed E-state index contributed by atoms with van der Waals surface area (Å²) in [4.78, 5) is 5.31. The summed E-state index contributed by atoms with van der Waals surface area (Å²) in [6.07, 6.45) is 8.07. The second kappa shape index (κ2) is 11.5. The first-order chi connectivity index (χ1) is 9.77. The van der Waals surface area contributed by atoms with Crippen LogP contribution in [-0.4, -0.2) is 61.7 Å². The van der Waals surface area contributed by atoms with Crippen LogP contribution in [-0.2, 0) is 0 Å². The molecular formula is C17H37N3. The molecule has 0 aliphatic carbocycles. The summed E-state index contributed by atoms with van der Waals surface area (Å²) in [6, 6.07) is 0.771. The van der Waals surface area contributed by atoms with Crippen LogP contribution in [0, 0.1) is 0 Å². The molecule has 0 bridgehead atoms. The van der Waals surface area contributed by atoms with Crippen LogP contribution in [0.5, 0.6) is 0 Å². The quantitative estimate of drug-likeness (QED) is 0.588. The molecular weight excluding hydrogens is 246 g/mol. The Morgan fingerprint density at radius 1 is 0.900 bits per heavy atom. The molecule has 0 saturated carbocycles. The first-order valence-corrected chi connectivity index (χ1v) is 8.95. The summed E-state index contributed by atoms with van der Waals surface area (Å²) in [5, 5.41) is 3.48. The predicted molar refractivity (Wildman–Crippen MR) is 89.4 cm³/mol. The van der Waals surface area contributed by atoms with Crippen molar-refractivity contribution in [1.82, 2.24) is 15.1 Å². The van der Waals surface area contributed by atoms with Crippen LogP contribution in [0.2, 0.25) is 0 Å². The Bertz CT molecular complexity index is 212. The second-order valence-electron chi connectivity index (χ2n) is 6.30. The molecule has 1 rings (SSSR count). The number of unbranched alkanes of at least 4 members (excludes halogenated alkanes) is 3. The van der Waals surface area contributed by atoms with E-state index in [-0.39, 0.29) is 0 Å². The van der Waals surface area contributed by atoms with Gasteiger partial charge in [0.1, 0.15) is 0 Å². The normalized spacial score (nSPS) is 19.4. The SMILES string of the molecule is CCCNCCCCCCN1CCN(C(C)CC)CC1. The lowest BCUT2D eigenvalue weighted by Crippen LogP contribution is -2.49. The molecule has 3 nitrogen and oxygen atoms in total. The molecule has 0 radical (unpaired) electrons. The number of piperazine rings is 1. The van der Waals surface area contributed by atoms with E-state index >= 15 is 0 Å². The monoisotopic (exact) mass is 283 g/mol. The van der Waals surface area contributed by atoms with Crippen LogP contribution in [0.25, 0.3) is 0 Å². The molecule has 1 aliphatic heterocycles. The molecule has 0 aromatic carbocycles. The van der Waals surface area contributed by atoms with Gasteiger partial charge in [-0.3, -0.25) is 4.90 Å². The molecule has 1 unspecified atom stereocenters. The molecule has 0 spiro atoms. The number of nitrogens with one attached hydrogen (secondary N) is 1. The average molecular weight is 284 g/mol. The van der Waals surface area contributed by atoms with Crippen LogP contribution in [0.3, 0.4) is 0 Å². The summed E-state index contributed by atoms with van der Waals surface area (Å²) in [5.41, 5.74) is 0. The molecule has 1 saturated heterocycles. The van der Waals surface area contributed by atoms with E-state index in [1.807, 2.05) is 0 Å². The van der Waals surface area contributed by atoms with E-state index in [0.717, 1.165) is 6.04 Å². The summed E-state index contributed by atoms with van der Waals surface area (Å²) in [5.74, 6) is 0. The fourth-order valence-electron chi connectivity index (χ4n) is 2.93. The Morgan fingerprint density at radius 2 is 1.60 bits per heavy atom. The van der Waals surface area contributed by atoms with Crippen molar-refractivity contribution in [2.24, 2.45) is 0 Å². The van der Waals surface area contributed by atoms with Crippen LogP contribution < -0.4 is 5.32 Å². The molecule has 1 atom stereocenters. The van der Waals surface area contributed by atoms with Crippen LogP contribution >= 0.6 is 0 Å². The van der Waals surface area contributed by atoms with Gasteiger partial charge in [0.05, 0.1) is 0 Å². The molecule has 3 heteroatoms. The second-order valence-corrected chi connectivity index (χ2v) is 6.30. The van der Waals surface area contributed by atoms with E-state index in [1.54, 1.807) is 0 Å². The van der Waals surface area contributed by atoms with Crippen molar-refractivity contribution >= 4 is 0 Å². The molecule has 120 valence electrons. The fourth-order valence-corrected chi connectivity index (χ4v) is 2.93. The fraction of sp³-hybridized carbons (Fsp3) is 1.00. The highest BCUT2D eigenvalue weighted by Crippen LogP contribution is 2.10. The van der Waals surface area contributed by atoms with E-state index < -0.39 is 0 Å². The summed E-state index contributed by atoms with van der Waals surface area (Å²) in [7, 11) is 0. The number of hydrogen-bond acceptors (Lipinski definition) is 3. The van der Waals surface area contributed by atoms with Crippen molar-refractivity contribution in [3.8, 4) is 0 Å². The van der Waals surface area contributed by atoms with Gasteiger partial charge in [-0.1, -0.05) is 26.7 Å². The van der Waals surface area contributed by atoms with E-state index in [1.165, 1.54) is 84.3 Å². The Morgan fingerprint density at radius 3 is 2.25 bits per heavy atom. The van der Waals surface area contributed by atoms with Gasteiger partial charge in [-0.15, -0.1) is 0 Å². The van der Waals surface area contributed by atoms with Gasteiger partial charge in [-0.25, -0.2) is 0 Å². The van der Waals surface area contributed by atoms with Gasteiger partial charge in [-0.05, 0) is 52.2 Å². The maximum absolute atomic E-state index is 3.48. The van der Waals surface area contributed by atoms with Crippen molar-refractivity contribution < 1.29 is 0 Å². The van der Waals surface area contributed by atoms with Crippen molar-refractivity contribution in [1.29, 1.82) is 0 Å². The molecule has 1 N–H and O–H groups in total. The van der Waals surface area contributed by atoms with E-state index in [4.69, 9.17) is 0 Å². The minimum atomic E-state index is 0.771. The average Bonchev–Trinajstić information content (AvgIpc) is 2.50. The zero-order valence-electron chi connectivity index (χ0n) is 14.2. The van der Waals surface area contributed by atoms with E-state index in [0.29, 0.717) is 0 Å². The zero-order chi connectivity index (χ0) is 14.6. The Hall–Kier alpha value is -0.120. The maximum Gasteiger partial charge on any atom is 0.0113 e. The number of hydrogen-bond donors (Lipinski definition) is 1. The number of rotatable bonds is 11. The maximum atomic E-state index is 3.48. The van der Waals surface area contributed by atoms with E-state index in [2.05, 4.69) is 35.9 Å². The van der Waals surface area contributed by atoms with Crippen molar-refractivity contribution in [2.45, 2.75) is 65.3 Å². The van der Waals surface area contributed by atoms with Gasteiger partial charge in [0.15, 0.2) is 0 Å². The first-order valence-electron chi connectivity index (χ1n) is 8.95. The third kappa shape index (κ3) is 7.61. The summed E-state index contributed by atoms with van der Waals surface area (Å²) < 4.78 is 0. The zero-order valence-corrected chi connectivity index (χ0v) is 14.2. The van der Waals surface area contributed by atoms with Crippen molar-refractivity contribution in [3.05, 3.63) is 0 Å². The Kier molecular flexibility index (Phi) is 10.3. The highest BCUT2D eigenvalue weighted by atomic mass is 15.3. The van der Waals surface area contributed by atoms with Gasteiger partial charge in [0, 0.05) is 32.2 Å². The molecule has 0 aromatic heterocycles. The highest BCUT2D eigenvalue weighted by Gasteiger charge is 2.19. The van der Waals surface area contributed by atoms with Gasteiger partial charge in [-0.2, -0.15) is 0 Å². The predicted octanol–water partition coefficient (Wildman–Crippen LogP) is 2.96. The van der Waals surface area contributed by atoms with Gasteiger partial charge < -0.3 is 10.2 Å². The van der Waals surface area contributed by atoms with Crippen LogP contribution in [0.4, 0.5) is 0 Å². The Labute approximate surface area is 127 Å². The van der Waals surface area contributed by atoms with Gasteiger partial charge >= 0.3 is 0 Å². The summed E-state index contributed by atoms with van der Waals surface area (Å²) in [6.45, 7) is 15.7. The van der Waals surface area contributed by atoms with Gasteiger partial charge in [0.2, 0.25) is 0 Å². The lowest BCUT2D eigenvalue weighted by Gasteiger charge is -2.37. The molecule has 20 heavy (non-hydrogen) atoms. The minimum absolute atomic E-state index is 0.771. The topological polar surface area (TPSA) is 18.5 Å². The lowest BCUT2D eigenvalue weighted by atomic mass is 10.1. The third-order valence-corrected chi connectivity index (χ3v) is 4.63. The molecule has 0 amide bonds. The minimum Gasteiger partial charge on any atom is -0.317 e. The lowest BCUT2D eigenvalue weighted by molar-refractivity contribution is 0.0994. The summed E-state index contributed by atoms with van der Waals surface area (Å²) >= 11 is 0.